The van der Waals surface area contributed by atoms with Crippen molar-refractivity contribution in [3.05, 3.63) is 54.1 Å². The molecule has 0 unspecified atom stereocenters. The molecule has 0 saturated carbocycles. The Balaban J connectivity index is 1.36. The number of nitrogens with one attached hydrogen (secondary N) is 2. The minimum Gasteiger partial charge on any atom is -0.490 e. The summed E-state index contributed by atoms with van der Waals surface area (Å²) in [5.74, 6) is 0.579. The van der Waals surface area contributed by atoms with Crippen molar-refractivity contribution in [1.29, 1.82) is 0 Å². The number of carbonyl (C=O) groups is 2. The number of rotatable bonds is 11. The first kappa shape index (κ1) is 24.4. The number of nitrogens with zero attached hydrogens (tertiary/aromatic N) is 2. The monoisotopic (exact) mass is 454 g/mol. The van der Waals surface area contributed by atoms with Gasteiger partial charge in [-0.3, -0.25) is 14.5 Å². The fourth-order valence-corrected chi connectivity index (χ4v) is 3.74. The van der Waals surface area contributed by atoms with Crippen molar-refractivity contribution in [2.75, 3.05) is 63.9 Å². The van der Waals surface area contributed by atoms with Gasteiger partial charge >= 0.3 is 0 Å². The number of benzene rings is 2. The quantitative estimate of drug-likeness (QED) is 0.542. The van der Waals surface area contributed by atoms with E-state index in [0.29, 0.717) is 36.8 Å². The van der Waals surface area contributed by atoms with Crippen LogP contribution in [-0.4, -0.2) is 75.7 Å². The van der Waals surface area contributed by atoms with E-state index in [0.717, 1.165) is 32.7 Å². The van der Waals surface area contributed by atoms with Crippen molar-refractivity contribution in [2.45, 2.75) is 13.8 Å². The Hall–Kier alpha value is -3.26. The van der Waals surface area contributed by atoms with Crippen molar-refractivity contribution in [3.8, 4) is 11.5 Å². The standard InChI is InChI=1S/C25H34N4O4/c1-3-32-22-11-10-20(18-23(22)33-4-2)25(31)27-19-24(30)26-12-13-28-14-16-29(17-15-28)21-8-6-5-7-9-21/h5-11,18H,3-4,12-17,19H2,1-2H3,(H,26,30)(H,27,31). The van der Waals surface area contributed by atoms with Gasteiger partial charge in [0.2, 0.25) is 5.91 Å². The summed E-state index contributed by atoms with van der Waals surface area (Å²) >= 11 is 0. The molecule has 1 aliphatic rings. The van der Waals surface area contributed by atoms with Crippen molar-refractivity contribution in [1.82, 2.24) is 15.5 Å². The van der Waals surface area contributed by atoms with Crippen LogP contribution in [0.2, 0.25) is 0 Å². The Morgan fingerprint density at radius 1 is 0.879 bits per heavy atom. The molecule has 1 fully saturated rings. The van der Waals surface area contributed by atoms with Gasteiger partial charge in [-0.1, -0.05) is 18.2 Å². The van der Waals surface area contributed by atoms with Gasteiger partial charge in [-0.25, -0.2) is 0 Å². The van der Waals surface area contributed by atoms with Gasteiger partial charge in [0.15, 0.2) is 11.5 Å². The molecule has 8 nitrogen and oxygen atoms in total. The minimum absolute atomic E-state index is 0.0716. The van der Waals surface area contributed by atoms with Crippen LogP contribution in [-0.2, 0) is 4.79 Å². The maximum Gasteiger partial charge on any atom is 0.251 e. The Bertz CT molecular complexity index is 899. The molecule has 1 heterocycles. The molecule has 33 heavy (non-hydrogen) atoms. The van der Waals surface area contributed by atoms with Gasteiger partial charge in [-0.05, 0) is 44.2 Å². The van der Waals surface area contributed by atoms with E-state index in [4.69, 9.17) is 9.47 Å². The van der Waals surface area contributed by atoms with Crippen LogP contribution in [0.1, 0.15) is 24.2 Å². The largest absolute Gasteiger partial charge is 0.490 e. The molecule has 0 radical (unpaired) electrons. The lowest BCUT2D eigenvalue weighted by Gasteiger charge is -2.36. The number of hydrogen-bond donors (Lipinski definition) is 2. The smallest absolute Gasteiger partial charge is 0.251 e. The molecule has 8 heteroatoms. The summed E-state index contributed by atoms with van der Waals surface area (Å²) in [5.41, 5.74) is 1.67. The number of anilines is 1. The summed E-state index contributed by atoms with van der Waals surface area (Å²) in [6, 6.07) is 15.4. The van der Waals surface area contributed by atoms with E-state index < -0.39 is 0 Å². The minimum atomic E-state index is -0.328. The maximum atomic E-state index is 12.4. The van der Waals surface area contributed by atoms with Crippen LogP contribution in [0.25, 0.3) is 0 Å². The molecule has 0 spiro atoms. The first-order valence-corrected chi connectivity index (χ1v) is 11.6. The molecule has 0 aliphatic carbocycles. The van der Waals surface area contributed by atoms with Crippen molar-refractivity contribution < 1.29 is 19.1 Å². The van der Waals surface area contributed by atoms with Crippen LogP contribution in [0, 0.1) is 0 Å². The van der Waals surface area contributed by atoms with Gasteiger partial charge < -0.3 is 25.0 Å². The van der Waals surface area contributed by atoms with Crippen LogP contribution >= 0.6 is 0 Å². The molecule has 2 aromatic rings. The van der Waals surface area contributed by atoms with Crippen LogP contribution in [0.15, 0.2) is 48.5 Å². The second-order valence-corrected chi connectivity index (χ2v) is 7.72. The number of hydrogen-bond acceptors (Lipinski definition) is 6. The van der Waals surface area contributed by atoms with E-state index >= 15 is 0 Å². The zero-order valence-corrected chi connectivity index (χ0v) is 19.5. The Labute approximate surface area is 195 Å². The van der Waals surface area contributed by atoms with Crippen LogP contribution in [0.4, 0.5) is 5.69 Å². The molecule has 0 aromatic heterocycles. The van der Waals surface area contributed by atoms with E-state index in [1.165, 1.54) is 5.69 Å². The molecular formula is C25H34N4O4. The zero-order valence-electron chi connectivity index (χ0n) is 19.5. The molecule has 1 saturated heterocycles. The fourth-order valence-electron chi connectivity index (χ4n) is 3.74. The predicted molar refractivity (Wildman–Crippen MR) is 129 cm³/mol. The molecule has 2 N–H and O–H groups in total. The third kappa shape index (κ3) is 7.39. The first-order valence-electron chi connectivity index (χ1n) is 11.6. The Morgan fingerprint density at radius 2 is 1.58 bits per heavy atom. The summed E-state index contributed by atoms with van der Waals surface area (Å²) in [6.45, 7) is 9.87. The highest BCUT2D eigenvalue weighted by molar-refractivity contribution is 5.97. The summed E-state index contributed by atoms with van der Waals surface area (Å²) < 4.78 is 11.1. The number of ether oxygens (including phenoxy) is 2. The van der Waals surface area contributed by atoms with E-state index in [1.807, 2.05) is 19.9 Å². The molecule has 1 aliphatic heterocycles. The normalized spacial score (nSPS) is 13.9. The average molecular weight is 455 g/mol. The highest BCUT2D eigenvalue weighted by Gasteiger charge is 2.17. The zero-order chi connectivity index (χ0) is 23.5. The third-order valence-electron chi connectivity index (χ3n) is 5.46. The summed E-state index contributed by atoms with van der Waals surface area (Å²) in [6.07, 6.45) is 0. The first-order chi connectivity index (χ1) is 16.1. The molecule has 178 valence electrons. The number of para-hydroxylation sites is 1. The molecule has 0 atom stereocenters. The third-order valence-corrected chi connectivity index (χ3v) is 5.46. The predicted octanol–water partition coefficient (Wildman–Crippen LogP) is 2.15. The fraction of sp³-hybridized carbons (Fsp3) is 0.440. The maximum absolute atomic E-state index is 12.4. The van der Waals surface area contributed by atoms with Gasteiger partial charge in [0.05, 0.1) is 19.8 Å². The molecule has 3 rings (SSSR count). The van der Waals surface area contributed by atoms with Crippen LogP contribution in [0.5, 0.6) is 11.5 Å². The van der Waals surface area contributed by atoms with Crippen LogP contribution in [0.3, 0.4) is 0 Å². The summed E-state index contributed by atoms with van der Waals surface area (Å²) in [5, 5.41) is 5.55. The number of carbonyl (C=O) groups excluding carboxylic acids is 2. The number of amides is 2. The van der Waals surface area contributed by atoms with Crippen molar-refractivity contribution in [2.24, 2.45) is 0 Å². The molecule has 2 aromatic carbocycles. The lowest BCUT2D eigenvalue weighted by molar-refractivity contribution is -0.120. The van der Waals surface area contributed by atoms with E-state index in [2.05, 4.69) is 44.7 Å². The lowest BCUT2D eigenvalue weighted by atomic mass is 10.2. The molecule has 0 bridgehead atoms. The highest BCUT2D eigenvalue weighted by Crippen LogP contribution is 2.28. The van der Waals surface area contributed by atoms with E-state index in [9.17, 15) is 9.59 Å². The second-order valence-electron chi connectivity index (χ2n) is 7.72. The van der Waals surface area contributed by atoms with Crippen molar-refractivity contribution >= 4 is 17.5 Å². The van der Waals surface area contributed by atoms with Gasteiger partial charge in [-0.2, -0.15) is 0 Å². The summed E-state index contributed by atoms with van der Waals surface area (Å²) in [7, 11) is 0. The van der Waals surface area contributed by atoms with Crippen LogP contribution < -0.4 is 25.0 Å². The van der Waals surface area contributed by atoms with Gasteiger partial charge in [0.1, 0.15) is 0 Å². The number of piperazine rings is 1. The van der Waals surface area contributed by atoms with Gasteiger partial charge in [0.25, 0.3) is 5.91 Å². The van der Waals surface area contributed by atoms with E-state index in [-0.39, 0.29) is 18.4 Å². The topological polar surface area (TPSA) is 83.1 Å². The molecule has 2 amide bonds. The SMILES string of the molecule is CCOc1ccc(C(=O)NCC(=O)NCCN2CCN(c3ccccc3)CC2)cc1OCC. The Morgan fingerprint density at radius 3 is 2.27 bits per heavy atom. The lowest BCUT2D eigenvalue weighted by Crippen LogP contribution is -2.49. The Kier molecular flexibility index (Phi) is 9.38. The highest BCUT2D eigenvalue weighted by atomic mass is 16.5. The van der Waals surface area contributed by atoms with E-state index in [1.54, 1.807) is 18.2 Å². The second kappa shape index (κ2) is 12.7. The summed E-state index contributed by atoms with van der Waals surface area (Å²) in [4.78, 5) is 29.3. The van der Waals surface area contributed by atoms with Crippen molar-refractivity contribution in [3.63, 3.8) is 0 Å². The average Bonchev–Trinajstić information content (AvgIpc) is 2.85. The van der Waals surface area contributed by atoms with Gasteiger partial charge in [0, 0.05) is 50.5 Å². The molecular weight excluding hydrogens is 420 g/mol. The van der Waals surface area contributed by atoms with Gasteiger partial charge in [-0.15, -0.1) is 0 Å².